The first-order valence-corrected chi connectivity index (χ1v) is 7.02. The van der Waals surface area contributed by atoms with Crippen molar-refractivity contribution >= 4 is 28.0 Å². The number of nitrogens with zero attached hydrogens (tertiary/aromatic N) is 2. The normalized spacial score (nSPS) is 17.5. The Morgan fingerprint density at radius 2 is 1.84 bits per heavy atom. The van der Waals surface area contributed by atoms with Crippen molar-refractivity contribution in [2.24, 2.45) is 9.98 Å². The average Bonchev–Trinajstić information content (AvgIpc) is 2.88. The standard InChI is InChI=1S/C16H13BrN2/c17-14-8-4-5-12(9-14)10-15-11-18-16(19-15)13-6-2-1-3-7-13/h1-9,11,15H,10H2. The zero-order chi connectivity index (χ0) is 13.1. The first kappa shape index (κ1) is 12.3. The minimum atomic E-state index is 0.143. The zero-order valence-corrected chi connectivity index (χ0v) is 11.9. The molecule has 0 aromatic heterocycles. The maximum atomic E-state index is 4.66. The van der Waals surface area contributed by atoms with Crippen LogP contribution in [-0.4, -0.2) is 18.1 Å². The lowest BCUT2D eigenvalue weighted by Crippen LogP contribution is -2.07. The zero-order valence-electron chi connectivity index (χ0n) is 10.3. The van der Waals surface area contributed by atoms with Gasteiger partial charge in [0.2, 0.25) is 0 Å². The fourth-order valence-corrected chi connectivity index (χ4v) is 2.57. The van der Waals surface area contributed by atoms with Crippen molar-refractivity contribution in [1.29, 1.82) is 0 Å². The molecule has 2 nitrogen and oxygen atoms in total. The van der Waals surface area contributed by atoms with Gasteiger partial charge in [0, 0.05) is 16.3 Å². The fraction of sp³-hybridized carbons (Fsp3) is 0.125. The first-order valence-electron chi connectivity index (χ1n) is 6.23. The van der Waals surface area contributed by atoms with Crippen LogP contribution in [-0.2, 0) is 6.42 Å². The summed E-state index contributed by atoms with van der Waals surface area (Å²) < 4.78 is 1.10. The highest BCUT2D eigenvalue weighted by molar-refractivity contribution is 9.10. The summed E-state index contributed by atoms with van der Waals surface area (Å²) >= 11 is 3.49. The topological polar surface area (TPSA) is 24.7 Å². The molecule has 0 radical (unpaired) electrons. The predicted molar refractivity (Wildman–Crippen MR) is 83.1 cm³/mol. The summed E-state index contributed by atoms with van der Waals surface area (Å²) in [7, 11) is 0. The molecule has 94 valence electrons. The van der Waals surface area contributed by atoms with Gasteiger partial charge in [-0.1, -0.05) is 58.4 Å². The van der Waals surface area contributed by atoms with E-state index in [9.17, 15) is 0 Å². The second-order valence-corrected chi connectivity index (χ2v) is 5.41. The van der Waals surface area contributed by atoms with Gasteiger partial charge in [0.15, 0.2) is 5.84 Å². The van der Waals surface area contributed by atoms with E-state index in [-0.39, 0.29) is 6.04 Å². The number of halogens is 1. The second kappa shape index (κ2) is 5.49. The van der Waals surface area contributed by atoms with Crippen molar-refractivity contribution in [2.75, 3.05) is 0 Å². The Labute approximate surface area is 121 Å². The molecule has 19 heavy (non-hydrogen) atoms. The third kappa shape index (κ3) is 2.99. The fourth-order valence-electron chi connectivity index (χ4n) is 2.12. The predicted octanol–water partition coefficient (Wildman–Crippen LogP) is 3.89. The van der Waals surface area contributed by atoms with E-state index >= 15 is 0 Å². The molecule has 1 heterocycles. The molecule has 1 atom stereocenters. The van der Waals surface area contributed by atoms with E-state index in [1.165, 1.54) is 5.56 Å². The second-order valence-electron chi connectivity index (χ2n) is 4.50. The average molecular weight is 313 g/mol. The molecular formula is C16H13BrN2. The maximum Gasteiger partial charge on any atom is 0.154 e. The molecule has 0 saturated carbocycles. The molecule has 1 aliphatic heterocycles. The Morgan fingerprint density at radius 3 is 2.63 bits per heavy atom. The Morgan fingerprint density at radius 1 is 1.00 bits per heavy atom. The van der Waals surface area contributed by atoms with Crippen molar-refractivity contribution in [1.82, 2.24) is 0 Å². The third-order valence-corrected chi connectivity index (χ3v) is 3.52. The van der Waals surface area contributed by atoms with E-state index in [4.69, 9.17) is 0 Å². The monoisotopic (exact) mass is 312 g/mol. The highest BCUT2D eigenvalue weighted by atomic mass is 79.9. The molecule has 0 bridgehead atoms. The van der Waals surface area contributed by atoms with Crippen LogP contribution in [0.25, 0.3) is 0 Å². The van der Waals surface area contributed by atoms with E-state index in [0.717, 1.165) is 22.3 Å². The molecule has 0 N–H and O–H groups in total. The lowest BCUT2D eigenvalue weighted by atomic mass is 10.1. The largest absolute Gasteiger partial charge is 0.257 e. The highest BCUT2D eigenvalue weighted by Crippen LogP contribution is 2.16. The van der Waals surface area contributed by atoms with Crippen molar-refractivity contribution in [2.45, 2.75) is 12.5 Å². The van der Waals surface area contributed by atoms with Gasteiger partial charge < -0.3 is 0 Å². The molecule has 2 aromatic carbocycles. The Balaban J connectivity index is 1.76. The van der Waals surface area contributed by atoms with Gasteiger partial charge in [0.25, 0.3) is 0 Å². The molecule has 0 saturated heterocycles. The number of hydrogen-bond acceptors (Lipinski definition) is 2. The van der Waals surface area contributed by atoms with E-state index in [1.54, 1.807) is 0 Å². The Hall–Kier alpha value is -1.74. The number of hydrogen-bond donors (Lipinski definition) is 0. The molecule has 0 amide bonds. The molecule has 3 heteroatoms. The van der Waals surface area contributed by atoms with Crippen LogP contribution in [0.3, 0.4) is 0 Å². The molecule has 3 rings (SSSR count). The van der Waals surface area contributed by atoms with Crippen LogP contribution in [0.15, 0.2) is 69.1 Å². The summed E-state index contributed by atoms with van der Waals surface area (Å²) in [5, 5.41) is 0. The molecule has 0 aliphatic carbocycles. The van der Waals surface area contributed by atoms with Gasteiger partial charge in [-0.25, -0.2) is 4.99 Å². The van der Waals surface area contributed by atoms with Crippen LogP contribution in [0.5, 0.6) is 0 Å². The van der Waals surface area contributed by atoms with Crippen molar-refractivity contribution < 1.29 is 0 Å². The summed E-state index contributed by atoms with van der Waals surface area (Å²) in [6.45, 7) is 0. The number of amidine groups is 1. The minimum Gasteiger partial charge on any atom is -0.257 e. The van der Waals surface area contributed by atoms with E-state index in [2.05, 4.69) is 38.0 Å². The van der Waals surface area contributed by atoms with Crippen LogP contribution < -0.4 is 0 Å². The number of benzene rings is 2. The van der Waals surface area contributed by atoms with Crippen molar-refractivity contribution in [3.05, 3.63) is 70.2 Å². The van der Waals surface area contributed by atoms with Crippen LogP contribution in [0.2, 0.25) is 0 Å². The van der Waals surface area contributed by atoms with Crippen LogP contribution >= 0.6 is 15.9 Å². The lowest BCUT2D eigenvalue weighted by Gasteiger charge is -2.04. The summed E-state index contributed by atoms with van der Waals surface area (Å²) in [5.74, 6) is 0.834. The quantitative estimate of drug-likeness (QED) is 0.821. The van der Waals surface area contributed by atoms with Crippen molar-refractivity contribution in [3.8, 4) is 0 Å². The molecule has 1 unspecified atom stereocenters. The van der Waals surface area contributed by atoms with Crippen molar-refractivity contribution in [3.63, 3.8) is 0 Å². The lowest BCUT2D eigenvalue weighted by molar-refractivity contribution is 0.879. The SMILES string of the molecule is Brc1cccc(CC2C=NC(c3ccccc3)=N2)c1. The minimum absolute atomic E-state index is 0.143. The van der Waals surface area contributed by atoms with Gasteiger partial charge in [-0.05, 0) is 24.1 Å². The summed E-state index contributed by atoms with van der Waals surface area (Å²) in [5.41, 5.74) is 2.35. The highest BCUT2D eigenvalue weighted by Gasteiger charge is 2.14. The molecule has 1 aliphatic rings. The van der Waals surface area contributed by atoms with Gasteiger partial charge in [0.05, 0.1) is 6.04 Å². The molecule has 0 spiro atoms. The summed E-state index contributed by atoms with van der Waals surface area (Å²) in [6.07, 6.45) is 2.82. The van der Waals surface area contributed by atoms with Gasteiger partial charge in [-0.2, -0.15) is 0 Å². The van der Waals surface area contributed by atoms with E-state index in [0.29, 0.717) is 0 Å². The Kier molecular flexibility index (Phi) is 3.56. The number of aliphatic imine (C=N–C) groups is 2. The van der Waals surface area contributed by atoms with Crippen LogP contribution in [0.4, 0.5) is 0 Å². The van der Waals surface area contributed by atoms with Gasteiger partial charge in [-0.3, -0.25) is 4.99 Å². The smallest absolute Gasteiger partial charge is 0.154 e. The van der Waals surface area contributed by atoms with Gasteiger partial charge >= 0.3 is 0 Å². The molecular weight excluding hydrogens is 300 g/mol. The first-order chi connectivity index (χ1) is 9.31. The third-order valence-electron chi connectivity index (χ3n) is 3.02. The molecule has 0 fully saturated rings. The van der Waals surface area contributed by atoms with Gasteiger partial charge in [-0.15, -0.1) is 0 Å². The van der Waals surface area contributed by atoms with Crippen LogP contribution in [0.1, 0.15) is 11.1 Å². The summed E-state index contributed by atoms with van der Waals surface area (Å²) in [6, 6.07) is 18.6. The van der Waals surface area contributed by atoms with Crippen LogP contribution in [0, 0.1) is 0 Å². The van der Waals surface area contributed by atoms with Gasteiger partial charge in [0.1, 0.15) is 0 Å². The number of rotatable bonds is 3. The Bertz CT molecular complexity index is 632. The van der Waals surface area contributed by atoms with E-state index in [1.807, 2.05) is 48.7 Å². The summed E-state index contributed by atoms with van der Waals surface area (Å²) in [4.78, 5) is 9.08. The maximum absolute atomic E-state index is 4.66. The molecule has 2 aromatic rings. The van der Waals surface area contributed by atoms with E-state index < -0.39 is 0 Å².